The fraction of sp³-hybridized carbons (Fsp3) is 0.379. The third kappa shape index (κ3) is 4.67. The summed E-state index contributed by atoms with van der Waals surface area (Å²) in [7, 11) is 0. The summed E-state index contributed by atoms with van der Waals surface area (Å²) >= 11 is 0. The minimum Gasteiger partial charge on any atom is -0.206 e. The number of aryl methyl sites for hydroxylation is 2. The van der Waals surface area contributed by atoms with Gasteiger partial charge in [-0.1, -0.05) is 74.0 Å². The van der Waals surface area contributed by atoms with Crippen LogP contribution in [0.1, 0.15) is 56.6 Å². The number of halogens is 1. The van der Waals surface area contributed by atoms with Gasteiger partial charge in [-0.05, 0) is 78.9 Å². The average molecular weight is 401 g/mol. The Balaban J connectivity index is 1.44. The van der Waals surface area contributed by atoms with E-state index in [9.17, 15) is 0 Å². The highest BCUT2D eigenvalue weighted by Crippen LogP contribution is 2.33. The van der Waals surface area contributed by atoms with Gasteiger partial charge in [0.2, 0.25) is 0 Å². The SMILES string of the molecule is C=CC1CCC(CCc2ccc(-c3ccc4cc(CCC)ccc4c3F)cc2)CC1. The molecule has 0 N–H and O–H groups in total. The lowest BCUT2D eigenvalue weighted by Crippen LogP contribution is -2.13. The topological polar surface area (TPSA) is 0 Å². The van der Waals surface area contributed by atoms with Crippen molar-refractivity contribution in [2.24, 2.45) is 11.8 Å². The molecule has 4 rings (SSSR count). The highest BCUT2D eigenvalue weighted by atomic mass is 19.1. The molecule has 0 aromatic heterocycles. The Morgan fingerprint density at radius 3 is 2.33 bits per heavy atom. The van der Waals surface area contributed by atoms with Crippen LogP contribution < -0.4 is 0 Å². The van der Waals surface area contributed by atoms with Gasteiger partial charge in [-0.3, -0.25) is 0 Å². The van der Waals surface area contributed by atoms with Crippen molar-refractivity contribution in [1.82, 2.24) is 0 Å². The Morgan fingerprint density at radius 2 is 1.63 bits per heavy atom. The number of hydrogen-bond donors (Lipinski definition) is 0. The summed E-state index contributed by atoms with van der Waals surface area (Å²) in [4.78, 5) is 0. The van der Waals surface area contributed by atoms with Gasteiger partial charge in [0, 0.05) is 10.9 Å². The first-order chi connectivity index (χ1) is 14.7. The summed E-state index contributed by atoms with van der Waals surface area (Å²) in [5.41, 5.74) is 4.29. The molecule has 0 radical (unpaired) electrons. The van der Waals surface area contributed by atoms with Gasteiger partial charge < -0.3 is 0 Å². The van der Waals surface area contributed by atoms with E-state index in [2.05, 4.69) is 62.0 Å². The van der Waals surface area contributed by atoms with E-state index in [1.165, 1.54) is 43.2 Å². The van der Waals surface area contributed by atoms with Gasteiger partial charge in [0.25, 0.3) is 0 Å². The van der Waals surface area contributed by atoms with Crippen LogP contribution in [0.4, 0.5) is 4.39 Å². The maximum Gasteiger partial charge on any atom is 0.138 e. The predicted octanol–water partition coefficient (Wildman–Crippen LogP) is 8.52. The molecule has 0 bridgehead atoms. The van der Waals surface area contributed by atoms with E-state index in [0.29, 0.717) is 10.9 Å². The molecule has 0 nitrogen and oxygen atoms in total. The number of fused-ring (bicyclic) bond motifs is 1. The molecule has 0 heterocycles. The Labute approximate surface area is 180 Å². The second-order valence-electron chi connectivity index (χ2n) is 8.98. The summed E-state index contributed by atoms with van der Waals surface area (Å²) in [5, 5.41) is 1.71. The van der Waals surface area contributed by atoms with Gasteiger partial charge >= 0.3 is 0 Å². The molecular formula is C29H33F. The van der Waals surface area contributed by atoms with Gasteiger partial charge in [-0.2, -0.15) is 0 Å². The van der Waals surface area contributed by atoms with E-state index in [0.717, 1.165) is 42.0 Å². The van der Waals surface area contributed by atoms with Crippen molar-refractivity contribution in [1.29, 1.82) is 0 Å². The van der Waals surface area contributed by atoms with Crippen LogP contribution >= 0.6 is 0 Å². The first kappa shape index (κ1) is 20.8. The minimum atomic E-state index is -0.109. The van der Waals surface area contributed by atoms with Crippen LogP contribution in [0.5, 0.6) is 0 Å². The van der Waals surface area contributed by atoms with E-state index in [1.54, 1.807) is 0 Å². The molecule has 1 aliphatic carbocycles. The summed E-state index contributed by atoms with van der Waals surface area (Å²) < 4.78 is 15.2. The molecule has 0 atom stereocenters. The van der Waals surface area contributed by atoms with E-state index < -0.39 is 0 Å². The van der Waals surface area contributed by atoms with Crippen LogP contribution in [0.15, 0.2) is 67.3 Å². The van der Waals surface area contributed by atoms with Crippen molar-refractivity contribution in [3.05, 3.63) is 84.2 Å². The van der Waals surface area contributed by atoms with E-state index >= 15 is 4.39 Å². The van der Waals surface area contributed by atoms with E-state index in [-0.39, 0.29) is 5.82 Å². The second kappa shape index (κ2) is 9.60. The fourth-order valence-electron chi connectivity index (χ4n) is 4.94. The number of rotatable bonds is 7. The highest BCUT2D eigenvalue weighted by Gasteiger charge is 2.19. The summed E-state index contributed by atoms with van der Waals surface area (Å²) in [6.45, 7) is 6.12. The smallest absolute Gasteiger partial charge is 0.138 e. The molecule has 3 aromatic rings. The van der Waals surface area contributed by atoms with Gasteiger partial charge in [0.15, 0.2) is 0 Å². The molecule has 0 spiro atoms. The molecule has 0 amide bonds. The van der Waals surface area contributed by atoms with Gasteiger partial charge in [-0.15, -0.1) is 6.58 Å². The minimum absolute atomic E-state index is 0.109. The first-order valence-corrected chi connectivity index (χ1v) is 11.6. The molecule has 3 aromatic carbocycles. The van der Waals surface area contributed by atoms with Crippen molar-refractivity contribution in [2.45, 2.75) is 58.3 Å². The first-order valence-electron chi connectivity index (χ1n) is 11.6. The van der Waals surface area contributed by atoms with Crippen LogP contribution in [0.2, 0.25) is 0 Å². The zero-order valence-corrected chi connectivity index (χ0v) is 18.2. The second-order valence-corrected chi connectivity index (χ2v) is 8.98. The van der Waals surface area contributed by atoms with Crippen LogP contribution in [0.3, 0.4) is 0 Å². The van der Waals surface area contributed by atoms with Crippen LogP contribution in [-0.2, 0) is 12.8 Å². The molecule has 1 saturated carbocycles. The molecule has 0 unspecified atom stereocenters. The van der Waals surface area contributed by atoms with Crippen molar-refractivity contribution < 1.29 is 4.39 Å². The fourth-order valence-corrected chi connectivity index (χ4v) is 4.94. The third-order valence-corrected chi connectivity index (χ3v) is 6.89. The number of benzene rings is 3. The molecule has 1 heteroatoms. The molecule has 156 valence electrons. The van der Waals surface area contributed by atoms with Gasteiger partial charge in [0.1, 0.15) is 5.82 Å². The maximum absolute atomic E-state index is 15.2. The van der Waals surface area contributed by atoms with Crippen molar-refractivity contribution in [3.8, 4) is 11.1 Å². The lowest BCUT2D eigenvalue weighted by molar-refractivity contribution is 0.296. The molecule has 0 aliphatic heterocycles. The Hall–Kier alpha value is -2.41. The Kier molecular flexibility index (Phi) is 6.67. The summed E-state index contributed by atoms with van der Waals surface area (Å²) in [5.74, 6) is 1.47. The summed E-state index contributed by atoms with van der Waals surface area (Å²) in [6.07, 6.45) is 11.9. The summed E-state index contributed by atoms with van der Waals surface area (Å²) in [6, 6.07) is 18.6. The Bertz CT molecular complexity index is 991. The average Bonchev–Trinajstić information content (AvgIpc) is 2.79. The largest absolute Gasteiger partial charge is 0.206 e. The standard InChI is InChI=1S/C29H33F/c1-3-5-24-14-18-28-26(20-24)17-19-27(29(28)30)25-15-12-23(13-16-25)11-10-22-8-6-21(4-2)7-9-22/h4,12-22H,2-3,5-11H2,1H3. The zero-order valence-electron chi connectivity index (χ0n) is 18.2. The monoisotopic (exact) mass is 400 g/mol. The van der Waals surface area contributed by atoms with Crippen LogP contribution in [-0.4, -0.2) is 0 Å². The quantitative estimate of drug-likeness (QED) is 0.349. The van der Waals surface area contributed by atoms with Gasteiger partial charge in [-0.25, -0.2) is 4.39 Å². The van der Waals surface area contributed by atoms with Crippen LogP contribution in [0, 0.1) is 17.7 Å². The normalized spacial score (nSPS) is 19.1. The molecule has 1 fully saturated rings. The molecule has 0 saturated heterocycles. The zero-order chi connectivity index (χ0) is 20.9. The molecular weight excluding hydrogens is 367 g/mol. The molecule has 1 aliphatic rings. The van der Waals surface area contributed by atoms with Gasteiger partial charge in [0.05, 0.1) is 0 Å². The number of allylic oxidation sites excluding steroid dienone is 1. The maximum atomic E-state index is 15.2. The van der Waals surface area contributed by atoms with E-state index in [1.807, 2.05) is 12.1 Å². The van der Waals surface area contributed by atoms with Crippen molar-refractivity contribution in [2.75, 3.05) is 0 Å². The Morgan fingerprint density at radius 1 is 0.900 bits per heavy atom. The van der Waals surface area contributed by atoms with E-state index in [4.69, 9.17) is 0 Å². The van der Waals surface area contributed by atoms with Crippen LogP contribution in [0.25, 0.3) is 21.9 Å². The predicted molar refractivity (Wildman–Crippen MR) is 127 cm³/mol. The van der Waals surface area contributed by atoms with Crippen molar-refractivity contribution in [3.63, 3.8) is 0 Å². The molecule has 30 heavy (non-hydrogen) atoms. The lowest BCUT2D eigenvalue weighted by Gasteiger charge is -2.26. The van der Waals surface area contributed by atoms with Crippen molar-refractivity contribution >= 4 is 10.8 Å². The third-order valence-electron chi connectivity index (χ3n) is 6.89. The lowest BCUT2D eigenvalue weighted by atomic mass is 9.79. The number of hydrogen-bond acceptors (Lipinski definition) is 0. The highest BCUT2D eigenvalue weighted by molar-refractivity contribution is 5.88.